The van der Waals surface area contributed by atoms with Crippen LogP contribution < -0.4 is 0 Å². The van der Waals surface area contributed by atoms with Gasteiger partial charge in [0.1, 0.15) is 0 Å². The second kappa shape index (κ2) is 11.2. The van der Waals surface area contributed by atoms with Crippen molar-refractivity contribution in [2.24, 2.45) is 0 Å². The predicted octanol–water partition coefficient (Wildman–Crippen LogP) is 5.79. The molecule has 0 spiro atoms. The number of pyridine rings is 4. The highest BCUT2D eigenvalue weighted by Crippen LogP contribution is 2.24. The van der Waals surface area contributed by atoms with Crippen LogP contribution in [0.2, 0.25) is 0 Å². The van der Waals surface area contributed by atoms with E-state index in [-0.39, 0.29) is 11.6 Å². The van der Waals surface area contributed by atoms with Gasteiger partial charge in [-0.1, -0.05) is 0 Å². The van der Waals surface area contributed by atoms with E-state index in [0.717, 1.165) is 45.0 Å². The van der Waals surface area contributed by atoms with E-state index in [1.54, 1.807) is 24.8 Å². The van der Waals surface area contributed by atoms with Gasteiger partial charge in [0.15, 0.2) is 11.6 Å². The number of carbonyl (C=O) groups is 2. The lowest BCUT2D eigenvalue weighted by Gasteiger charge is -2.14. The highest BCUT2D eigenvalue weighted by molar-refractivity contribution is 6.20. The minimum absolute atomic E-state index is 0.0474. The van der Waals surface area contributed by atoms with Gasteiger partial charge in [0.25, 0.3) is 0 Å². The van der Waals surface area contributed by atoms with E-state index in [2.05, 4.69) is 19.9 Å². The molecular weight excluding hydrogens is 472 g/mol. The van der Waals surface area contributed by atoms with Crippen molar-refractivity contribution < 1.29 is 9.59 Å². The third-order valence-corrected chi connectivity index (χ3v) is 6.59. The highest BCUT2D eigenvalue weighted by Gasteiger charge is 2.21. The molecule has 6 nitrogen and oxygen atoms in total. The maximum atomic E-state index is 13.2. The van der Waals surface area contributed by atoms with Gasteiger partial charge in [-0.25, -0.2) is 0 Å². The Labute approximate surface area is 222 Å². The molecule has 4 aromatic heterocycles. The Morgan fingerprint density at radius 3 is 1.34 bits per heavy atom. The van der Waals surface area contributed by atoms with Crippen LogP contribution in [0.1, 0.15) is 35.1 Å². The molecule has 188 valence electrons. The van der Waals surface area contributed by atoms with Crippen molar-refractivity contribution in [1.29, 1.82) is 0 Å². The van der Waals surface area contributed by atoms with Crippen molar-refractivity contribution >= 4 is 11.6 Å². The summed E-state index contributed by atoms with van der Waals surface area (Å²) in [5, 5.41) is 0. The van der Waals surface area contributed by atoms with Crippen LogP contribution in [0.25, 0.3) is 22.8 Å². The Hall–Kier alpha value is -4.58. The van der Waals surface area contributed by atoms with E-state index in [0.29, 0.717) is 36.8 Å². The van der Waals surface area contributed by atoms with Gasteiger partial charge in [0.05, 0.1) is 22.8 Å². The van der Waals surface area contributed by atoms with Crippen LogP contribution in [0.5, 0.6) is 0 Å². The number of nitrogens with zero attached hydrogens (tertiary/aromatic N) is 4. The molecule has 0 aliphatic heterocycles. The first-order valence-corrected chi connectivity index (χ1v) is 12.7. The van der Waals surface area contributed by atoms with E-state index in [4.69, 9.17) is 0 Å². The fraction of sp³-hybridized carbons (Fsp3) is 0.188. The number of carbonyl (C=O) groups excluding carboxylic acids is 2. The Morgan fingerprint density at radius 1 is 0.526 bits per heavy atom. The maximum absolute atomic E-state index is 13.2. The largest absolute Gasteiger partial charge is 0.290 e. The van der Waals surface area contributed by atoms with E-state index >= 15 is 0 Å². The molecule has 0 atom stereocenters. The molecule has 0 N–H and O–H groups in total. The summed E-state index contributed by atoms with van der Waals surface area (Å²) in [4.78, 5) is 43.4. The average molecular weight is 501 g/mol. The Kier molecular flexibility index (Phi) is 7.40. The lowest BCUT2D eigenvalue weighted by atomic mass is 9.88. The molecule has 0 bridgehead atoms. The molecule has 0 amide bonds. The number of ketones is 2. The smallest absolute Gasteiger partial charge is 0.185 e. The highest BCUT2D eigenvalue weighted by atomic mass is 16.1. The number of rotatable bonds is 8. The van der Waals surface area contributed by atoms with E-state index < -0.39 is 0 Å². The molecule has 0 unspecified atom stereocenters. The molecule has 4 aromatic rings. The number of hydrogen-bond acceptors (Lipinski definition) is 6. The lowest BCUT2D eigenvalue weighted by Crippen LogP contribution is -2.15. The Balaban J connectivity index is 1.23. The third-order valence-electron chi connectivity index (χ3n) is 6.59. The van der Waals surface area contributed by atoms with Crippen molar-refractivity contribution in [3.05, 3.63) is 119 Å². The van der Waals surface area contributed by atoms with Crippen LogP contribution in [0.3, 0.4) is 0 Å². The second-order valence-electron chi connectivity index (χ2n) is 9.61. The molecule has 4 heterocycles. The molecule has 0 fully saturated rings. The fourth-order valence-corrected chi connectivity index (χ4v) is 4.54. The van der Waals surface area contributed by atoms with Crippen molar-refractivity contribution in [3.8, 4) is 22.8 Å². The van der Waals surface area contributed by atoms with Gasteiger partial charge in [0.2, 0.25) is 0 Å². The third kappa shape index (κ3) is 6.03. The quantitative estimate of drug-likeness (QED) is 0.285. The molecule has 5 rings (SSSR count). The Bertz CT molecular complexity index is 1470. The molecule has 1 aliphatic carbocycles. The SMILES string of the molecule is Cc1ccnc(-c2cc(CCC3=CC(=O)C=C(CCc4ccnc(-c5cc(C)ccn5)c4)C3=O)ccn2)c1. The second-order valence-corrected chi connectivity index (χ2v) is 9.61. The molecule has 0 saturated carbocycles. The van der Waals surface area contributed by atoms with Crippen molar-refractivity contribution in [3.63, 3.8) is 0 Å². The zero-order valence-corrected chi connectivity index (χ0v) is 21.5. The van der Waals surface area contributed by atoms with Gasteiger partial charge in [-0.3, -0.25) is 29.5 Å². The van der Waals surface area contributed by atoms with E-state index in [1.165, 1.54) is 12.2 Å². The summed E-state index contributed by atoms with van der Waals surface area (Å²) in [6.45, 7) is 4.04. The molecular formula is C32H28N4O2. The van der Waals surface area contributed by atoms with Gasteiger partial charge >= 0.3 is 0 Å². The molecule has 38 heavy (non-hydrogen) atoms. The standard InChI is InChI=1S/C32H28N4O2/c1-21-7-11-33-28(15-21)30-17-23(9-13-35-30)3-5-25-19-27(37)20-26(32(25)38)6-4-24-10-14-36-31(18-24)29-16-22(2)8-12-34-29/h7-20H,3-6H2,1-2H3. The summed E-state index contributed by atoms with van der Waals surface area (Å²) in [5.41, 5.74) is 8.66. The van der Waals surface area contributed by atoms with Gasteiger partial charge in [-0.05, 0) is 122 Å². The van der Waals surface area contributed by atoms with Crippen LogP contribution in [0, 0.1) is 13.8 Å². The number of hydrogen-bond donors (Lipinski definition) is 0. The number of aryl methyl sites for hydroxylation is 4. The maximum Gasteiger partial charge on any atom is 0.185 e. The molecule has 6 heteroatoms. The van der Waals surface area contributed by atoms with Crippen LogP contribution in [-0.4, -0.2) is 31.5 Å². The summed E-state index contributed by atoms with van der Waals surface area (Å²) in [6, 6.07) is 15.8. The first-order valence-electron chi connectivity index (χ1n) is 12.7. The topological polar surface area (TPSA) is 85.7 Å². The van der Waals surface area contributed by atoms with Crippen LogP contribution in [0.15, 0.2) is 96.6 Å². The summed E-state index contributed by atoms with van der Waals surface area (Å²) >= 11 is 0. The predicted molar refractivity (Wildman–Crippen MR) is 147 cm³/mol. The van der Waals surface area contributed by atoms with Crippen LogP contribution >= 0.6 is 0 Å². The average Bonchev–Trinajstić information content (AvgIpc) is 2.93. The summed E-state index contributed by atoms with van der Waals surface area (Å²) < 4.78 is 0. The van der Waals surface area contributed by atoms with E-state index in [1.807, 2.05) is 62.4 Å². The minimum atomic E-state index is -0.131. The zero-order valence-electron chi connectivity index (χ0n) is 21.5. The van der Waals surface area contributed by atoms with Crippen LogP contribution in [0.4, 0.5) is 0 Å². The van der Waals surface area contributed by atoms with E-state index in [9.17, 15) is 9.59 Å². The minimum Gasteiger partial charge on any atom is -0.290 e. The van der Waals surface area contributed by atoms with Gasteiger partial charge in [0, 0.05) is 35.9 Å². The fourth-order valence-electron chi connectivity index (χ4n) is 4.54. The zero-order chi connectivity index (χ0) is 26.5. The Morgan fingerprint density at radius 2 is 0.921 bits per heavy atom. The first-order chi connectivity index (χ1) is 18.4. The first kappa shape index (κ1) is 25.1. The summed E-state index contributed by atoms with van der Waals surface area (Å²) in [7, 11) is 0. The summed E-state index contributed by atoms with van der Waals surface area (Å²) in [6.07, 6.45) is 12.3. The van der Waals surface area contributed by atoms with Crippen LogP contribution in [-0.2, 0) is 22.4 Å². The normalized spacial score (nSPS) is 13.3. The van der Waals surface area contributed by atoms with Gasteiger partial charge < -0.3 is 0 Å². The number of Topliss-reactive ketones (excluding diaryl/α,β-unsaturated/α-hetero) is 1. The summed E-state index contributed by atoms with van der Waals surface area (Å²) in [5.74, 6) is -0.179. The number of aromatic nitrogens is 4. The van der Waals surface area contributed by atoms with Crippen molar-refractivity contribution in [2.45, 2.75) is 39.5 Å². The molecule has 1 aliphatic rings. The van der Waals surface area contributed by atoms with Crippen molar-refractivity contribution in [2.75, 3.05) is 0 Å². The van der Waals surface area contributed by atoms with Gasteiger partial charge in [-0.2, -0.15) is 0 Å². The molecule has 0 saturated heterocycles. The number of allylic oxidation sites excluding steroid dienone is 4. The molecule has 0 aromatic carbocycles. The molecule has 0 radical (unpaired) electrons. The van der Waals surface area contributed by atoms with Crippen molar-refractivity contribution in [1.82, 2.24) is 19.9 Å². The monoisotopic (exact) mass is 500 g/mol. The van der Waals surface area contributed by atoms with Gasteiger partial charge in [-0.15, -0.1) is 0 Å². The lowest BCUT2D eigenvalue weighted by molar-refractivity contribution is -0.115.